The predicted molar refractivity (Wildman–Crippen MR) is 251 cm³/mol. The molecule has 0 aliphatic carbocycles. The minimum absolute atomic E-state index is 0.0286. The lowest BCUT2D eigenvalue weighted by atomic mass is 10.1. The van der Waals surface area contributed by atoms with Crippen LogP contribution >= 0.6 is 7.82 Å². The van der Waals surface area contributed by atoms with Gasteiger partial charge in [0.2, 0.25) is 0 Å². The number of rotatable bonds is 43. The minimum atomic E-state index is -4.54. The zero-order chi connectivity index (χ0) is 43.9. The van der Waals surface area contributed by atoms with Gasteiger partial charge in [0, 0.05) is 13.0 Å². The van der Waals surface area contributed by atoms with Crippen molar-refractivity contribution in [1.29, 1.82) is 0 Å². The second-order valence-electron chi connectivity index (χ2n) is 15.0. The summed E-state index contributed by atoms with van der Waals surface area (Å²) in [7, 11) is -4.54. The average molecular weight is 861 g/mol. The third-order valence-electron chi connectivity index (χ3n) is 9.27. The van der Waals surface area contributed by atoms with Crippen LogP contribution in [-0.2, 0) is 27.9 Å². The summed E-state index contributed by atoms with van der Waals surface area (Å²) in [6.45, 7) is 3.22. The Morgan fingerprint density at radius 3 is 1.35 bits per heavy atom. The Morgan fingerprint density at radius 2 is 0.900 bits per heavy atom. The van der Waals surface area contributed by atoms with E-state index in [4.69, 9.17) is 23.6 Å². The number of unbranched alkanes of at least 4 members (excludes halogenated alkanes) is 13. The molecule has 0 bridgehead atoms. The molecule has 9 nitrogen and oxygen atoms in total. The van der Waals surface area contributed by atoms with Gasteiger partial charge in [-0.1, -0.05) is 169 Å². The second kappa shape index (κ2) is 45.9. The van der Waals surface area contributed by atoms with Gasteiger partial charge in [0.25, 0.3) is 0 Å². The molecule has 0 aromatic rings. The summed E-state index contributed by atoms with van der Waals surface area (Å²) in [5, 5.41) is 18.4. The van der Waals surface area contributed by atoms with E-state index in [1.54, 1.807) is 0 Å². The Balaban J connectivity index is 4.19. The third-order valence-corrected chi connectivity index (χ3v) is 10.2. The van der Waals surface area contributed by atoms with Crippen molar-refractivity contribution in [3.63, 3.8) is 0 Å². The smallest absolute Gasteiger partial charge is 0.457 e. The molecule has 0 saturated carbocycles. The van der Waals surface area contributed by atoms with Gasteiger partial charge in [-0.05, 0) is 89.9 Å². The molecule has 0 rings (SSSR count). The SMILES string of the molecule is CC/C=C\C/C=C\C/C=C\C/C=C\CCCCCCCCCCCOCC(COP(=O)(O)OCC(O)CO)OC(=O)CCCCCC/C=C\C/C=C\C/C=C\C/C=C\CC. The summed E-state index contributed by atoms with van der Waals surface area (Å²) in [6.07, 6.45) is 57.9. The molecule has 3 unspecified atom stereocenters. The highest BCUT2D eigenvalue weighted by Crippen LogP contribution is 2.43. The van der Waals surface area contributed by atoms with Crippen molar-refractivity contribution in [2.45, 2.75) is 180 Å². The van der Waals surface area contributed by atoms with Crippen molar-refractivity contribution < 1.29 is 43.0 Å². The van der Waals surface area contributed by atoms with Gasteiger partial charge in [0.05, 0.1) is 26.4 Å². The number of aliphatic hydroxyl groups excluding tert-OH is 2. The van der Waals surface area contributed by atoms with Gasteiger partial charge < -0.3 is 24.6 Å². The van der Waals surface area contributed by atoms with Gasteiger partial charge >= 0.3 is 13.8 Å². The van der Waals surface area contributed by atoms with Crippen LogP contribution in [0.4, 0.5) is 0 Å². The molecular weight excluding hydrogens is 776 g/mol. The van der Waals surface area contributed by atoms with Crippen molar-refractivity contribution in [2.75, 3.05) is 33.0 Å². The van der Waals surface area contributed by atoms with E-state index in [1.807, 2.05) is 0 Å². The van der Waals surface area contributed by atoms with Gasteiger partial charge in [-0.3, -0.25) is 13.8 Å². The molecule has 0 aromatic heterocycles. The van der Waals surface area contributed by atoms with Gasteiger partial charge in [-0.25, -0.2) is 4.57 Å². The van der Waals surface area contributed by atoms with Crippen LogP contribution in [0.25, 0.3) is 0 Å². The molecule has 3 atom stereocenters. The van der Waals surface area contributed by atoms with E-state index < -0.39 is 45.8 Å². The van der Waals surface area contributed by atoms with Crippen LogP contribution in [0.2, 0.25) is 0 Å². The molecule has 0 aromatic carbocycles. The molecule has 0 amide bonds. The first-order valence-electron chi connectivity index (χ1n) is 23.2. The fraction of sp³-hybridized carbons (Fsp3) is 0.660. The number of carbonyl (C=O) groups is 1. The van der Waals surface area contributed by atoms with Crippen molar-refractivity contribution in [3.05, 3.63) is 97.2 Å². The molecule has 3 N–H and O–H groups in total. The van der Waals surface area contributed by atoms with Crippen LogP contribution in [0.15, 0.2) is 97.2 Å². The summed E-state index contributed by atoms with van der Waals surface area (Å²) in [5.74, 6) is -0.412. The summed E-state index contributed by atoms with van der Waals surface area (Å²) in [6, 6.07) is 0. The van der Waals surface area contributed by atoms with Crippen molar-refractivity contribution in [2.24, 2.45) is 0 Å². The first kappa shape index (κ1) is 57.4. The van der Waals surface area contributed by atoms with E-state index in [-0.39, 0.29) is 13.0 Å². The maximum atomic E-state index is 12.6. The summed E-state index contributed by atoms with van der Waals surface area (Å²) < 4.78 is 33.4. The van der Waals surface area contributed by atoms with Crippen LogP contribution in [-0.4, -0.2) is 66.3 Å². The number of hydrogen-bond donors (Lipinski definition) is 3. The molecular formula is C50H85O9P. The topological polar surface area (TPSA) is 132 Å². The van der Waals surface area contributed by atoms with Gasteiger partial charge in [0.15, 0.2) is 0 Å². The van der Waals surface area contributed by atoms with Crippen LogP contribution in [0.3, 0.4) is 0 Å². The number of phosphoric acid groups is 1. The highest BCUT2D eigenvalue weighted by Gasteiger charge is 2.26. The molecule has 0 heterocycles. The fourth-order valence-corrected chi connectivity index (χ4v) is 6.60. The second-order valence-corrected chi connectivity index (χ2v) is 16.5. The largest absolute Gasteiger partial charge is 0.472 e. The van der Waals surface area contributed by atoms with E-state index >= 15 is 0 Å². The maximum Gasteiger partial charge on any atom is 0.472 e. The van der Waals surface area contributed by atoms with E-state index in [0.717, 1.165) is 103 Å². The molecule has 0 aliphatic heterocycles. The van der Waals surface area contributed by atoms with Gasteiger partial charge in [-0.2, -0.15) is 0 Å². The monoisotopic (exact) mass is 861 g/mol. The molecule has 10 heteroatoms. The van der Waals surface area contributed by atoms with Crippen molar-refractivity contribution in [1.82, 2.24) is 0 Å². The summed E-state index contributed by atoms with van der Waals surface area (Å²) in [4.78, 5) is 22.6. The third kappa shape index (κ3) is 44.9. The Bertz CT molecular complexity index is 1250. The average Bonchev–Trinajstić information content (AvgIpc) is 3.24. The van der Waals surface area contributed by atoms with Crippen molar-refractivity contribution >= 4 is 13.8 Å². The first-order valence-corrected chi connectivity index (χ1v) is 24.7. The van der Waals surface area contributed by atoms with Gasteiger partial charge in [0.1, 0.15) is 12.2 Å². The Labute approximate surface area is 366 Å². The quantitative estimate of drug-likeness (QED) is 0.0237. The lowest BCUT2D eigenvalue weighted by Gasteiger charge is -2.20. The standard InChI is InChI=1S/C50H85O9P/c1-3-5-7-9-11-13-15-17-19-21-22-23-24-25-27-29-31-33-35-37-39-41-43-56-46-49(47-58-60(54,55)57-45-48(52)44-51)59-50(53)42-40-38-36-34-32-30-28-26-20-18-16-14-12-10-8-6-4-2/h5-8,11-14,17-20,22-23,28,30,48-49,51-52H,3-4,9-10,15-16,21,24-27,29,31-47H2,1-2H3,(H,54,55)/b7-5-,8-6-,13-11-,14-12-,19-17-,20-18-,23-22-,30-28-. The normalized spacial score (nSPS) is 14.8. The molecule has 344 valence electrons. The predicted octanol–water partition coefficient (Wildman–Crippen LogP) is 13.3. The zero-order valence-electron chi connectivity index (χ0n) is 37.6. The van der Waals surface area contributed by atoms with E-state index in [0.29, 0.717) is 13.0 Å². The van der Waals surface area contributed by atoms with Crippen LogP contribution in [0, 0.1) is 0 Å². The number of phosphoric ester groups is 1. The van der Waals surface area contributed by atoms with Crippen molar-refractivity contribution in [3.8, 4) is 0 Å². The highest BCUT2D eigenvalue weighted by atomic mass is 31.2. The molecule has 0 aliphatic rings. The molecule has 0 fully saturated rings. The molecule has 0 saturated heterocycles. The van der Waals surface area contributed by atoms with Gasteiger partial charge in [-0.15, -0.1) is 0 Å². The Morgan fingerprint density at radius 1 is 0.517 bits per heavy atom. The summed E-state index contributed by atoms with van der Waals surface area (Å²) in [5.41, 5.74) is 0. The minimum Gasteiger partial charge on any atom is -0.457 e. The van der Waals surface area contributed by atoms with Crippen LogP contribution < -0.4 is 0 Å². The zero-order valence-corrected chi connectivity index (χ0v) is 38.5. The maximum absolute atomic E-state index is 12.6. The summed E-state index contributed by atoms with van der Waals surface area (Å²) >= 11 is 0. The first-order chi connectivity index (χ1) is 29.3. The number of allylic oxidation sites excluding steroid dienone is 16. The lowest BCUT2D eigenvalue weighted by molar-refractivity contribution is -0.154. The van der Waals surface area contributed by atoms with Crippen LogP contribution in [0.5, 0.6) is 0 Å². The molecule has 0 radical (unpaired) electrons. The number of aliphatic hydroxyl groups is 2. The van der Waals surface area contributed by atoms with E-state index in [2.05, 4.69) is 111 Å². The van der Waals surface area contributed by atoms with Crippen LogP contribution in [0.1, 0.15) is 168 Å². The Hall–Kier alpha value is -2.62. The number of carbonyl (C=O) groups excluding carboxylic acids is 1. The molecule has 0 spiro atoms. The van der Waals surface area contributed by atoms with E-state index in [1.165, 1.54) is 38.5 Å². The fourth-order valence-electron chi connectivity index (χ4n) is 5.81. The Kier molecular flexibility index (Phi) is 43.9. The number of hydrogen-bond acceptors (Lipinski definition) is 8. The highest BCUT2D eigenvalue weighted by molar-refractivity contribution is 7.47. The molecule has 60 heavy (non-hydrogen) atoms. The number of esters is 1. The lowest BCUT2D eigenvalue weighted by Crippen LogP contribution is -2.29. The van der Waals surface area contributed by atoms with E-state index in [9.17, 15) is 19.4 Å². The number of ether oxygens (including phenoxy) is 2.